The van der Waals surface area contributed by atoms with Gasteiger partial charge in [-0.15, -0.1) is 0 Å². The smallest absolute Gasteiger partial charge is 0.270 e. The van der Waals surface area contributed by atoms with E-state index in [4.69, 9.17) is 4.42 Å². The second-order valence-corrected chi connectivity index (χ2v) is 7.68. The number of benzene rings is 1. The van der Waals surface area contributed by atoms with E-state index in [0.717, 1.165) is 25.3 Å². The molecule has 0 bridgehead atoms. The fourth-order valence-electron chi connectivity index (χ4n) is 3.88. The molecule has 1 unspecified atom stereocenters. The molecule has 3 heterocycles. The van der Waals surface area contributed by atoms with Gasteiger partial charge in [0, 0.05) is 31.9 Å². The van der Waals surface area contributed by atoms with Gasteiger partial charge in [0.25, 0.3) is 5.92 Å². The van der Waals surface area contributed by atoms with Crippen LogP contribution in [0.3, 0.4) is 0 Å². The zero-order valence-electron chi connectivity index (χ0n) is 16.9. The van der Waals surface area contributed by atoms with Crippen LogP contribution in [0, 0.1) is 12.7 Å². The molecule has 1 aliphatic rings. The summed E-state index contributed by atoms with van der Waals surface area (Å²) < 4.78 is 47.7. The van der Waals surface area contributed by atoms with Crippen molar-refractivity contribution >= 4 is 5.82 Å². The van der Waals surface area contributed by atoms with Crippen LogP contribution in [0.5, 0.6) is 0 Å². The Hall–Kier alpha value is -2.90. The molecule has 4 rings (SSSR count). The SMILES string of the molecule is Cc1cnc(CCc2ncnc(N3CCCC3c3ccc(C(C)(F)F)cc3)c2F)o1. The minimum absolute atomic E-state index is 0.0342. The highest BCUT2D eigenvalue weighted by Gasteiger charge is 2.31. The predicted molar refractivity (Wildman–Crippen MR) is 106 cm³/mol. The third-order valence-electron chi connectivity index (χ3n) is 5.42. The molecule has 3 aromatic rings. The molecule has 5 nitrogen and oxygen atoms in total. The van der Waals surface area contributed by atoms with Crippen molar-refractivity contribution in [1.82, 2.24) is 15.0 Å². The molecule has 2 aromatic heterocycles. The number of halogens is 3. The summed E-state index contributed by atoms with van der Waals surface area (Å²) in [6.07, 6.45) is 5.45. The van der Waals surface area contributed by atoms with E-state index in [9.17, 15) is 8.78 Å². The molecule has 0 amide bonds. The highest BCUT2D eigenvalue weighted by molar-refractivity contribution is 5.46. The van der Waals surface area contributed by atoms with Crippen LogP contribution >= 0.6 is 0 Å². The Kier molecular flexibility index (Phi) is 5.49. The van der Waals surface area contributed by atoms with Crippen molar-refractivity contribution in [2.45, 2.75) is 51.5 Å². The minimum Gasteiger partial charge on any atom is -0.446 e. The molecule has 1 aromatic carbocycles. The molecule has 30 heavy (non-hydrogen) atoms. The predicted octanol–water partition coefficient (Wildman–Crippen LogP) is 5.15. The lowest BCUT2D eigenvalue weighted by Gasteiger charge is -2.27. The summed E-state index contributed by atoms with van der Waals surface area (Å²) in [4.78, 5) is 14.3. The number of rotatable bonds is 6. The van der Waals surface area contributed by atoms with Gasteiger partial charge in [-0.3, -0.25) is 0 Å². The maximum Gasteiger partial charge on any atom is 0.270 e. The van der Waals surface area contributed by atoms with Gasteiger partial charge in [0.05, 0.1) is 17.9 Å². The van der Waals surface area contributed by atoms with Crippen LogP contribution in [-0.2, 0) is 18.8 Å². The zero-order valence-corrected chi connectivity index (χ0v) is 16.9. The monoisotopic (exact) mass is 416 g/mol. The van der Waals surface area contributed by atoms with Crippen LogP contribution in [0.15, 0.2) is 41.2 Å². The minimum atomic E-state index is -2.89. The molecule has 0 N–H and O–H groups in total. The Bertz CT molecular complexity index is 1010. The van der Waals surface area contributed by atoms with E-state index in [1.807, 2.05) is 11.8 Å². The van der Waals surface area contributed by atoms with Crippen molar-refractivity contribution in [2.75, 3.05) is 11.4 Å². The molecular weight excluding hydrogens is 393 g/mol. The lowest BCUT2D eigenvalue weighted by molar-refractivity contribution is 0.0174. The summed E-state index contributed by atoms with van der Waals surface area (Å²) in [5.74, 6) is -1.84. The van der Waals surface area contributed by atoms with Gasteiger partial charge in [0.1, 0.15) is 12.1 Å². The normalized spacial score (nSPS) is 17.0. The van der Waals surface area contributed by atoms with Crippen LogP contribution in [-0.4, -0.2) is 21.5 Å². The Morgan fingerprint density at radius 1 is 1.13 bits per heavy atom. The largest absolute Gasteiger partial charge is 0.446 e. The number of hydrogen-bond acceptors (Lipinski definition) is 5. The lowest BCUT2D eigenvalue weighted by atomic mass is 10.0. The molecule has 8 heteroatoms. The van der Waals surface area contributed by atoms with Gasteiger partial charge in [-0.25, -0.2) is 28.1 Å². The highest BCUT2D eigenvalue weighted by Crippen LogP contribution is 2.37. The average molecular weight is 416 g/mol. The average Bonchev–Trinajstić information content (AvgIpc) is 3.36. The first-order valence-corrected chi connectivity index (χ1v) is 9.98. The molecular formula is C22H23F3N4O. The Morgan fingerprint density at radius 2 is 1.90 bits per heavy atom. The number of anilines is 1. The van der Waals surface area contributed by atoms with Crippen molar-refractivity contribution in [2.24, 2.45) is 0 Å². The molecule has 0 saturated carbocycles. The number of aromatic nitrogens is 3. The number of hydrogen-bond donors (Lipinski definition) is 0. The van der Waals surface area contributed by atoms with Gasteiger partial charge in [-0.2, -0.15) is 0 Å². The third kappa shape index (κ3) is 4.17. The van der Waals surface area contributed by atoms with Gasteiger partial charge in [0.2, 0.25) is 0 Å². The fraction of sp³-hybridized carbons (Fsp3) is 0.409. The molecule has 1 atom stereocenters. The van der Waals surface area contributed by atoms with Gasteiger partial charge in [-0.05, 0) is 25.3 Å². The summed E-state index contributed by atoms with van der Waals surface area (Å²) >= 11 is 0. The van der Waals surface area contributed by atoms with E-state index in [0.29, 0.717) is 36.7 Å². The van der Waals surface area contributed by atoms with E-state index < -0.39 is 11.7 Å². The van der Waals surface area contributed by atoms with Crippen LogP contribution in [0.2, 0.25) is 0 Å². The molecule has 0 spiro atoms. The van der Waals surface area contributed by atoms with Crippen LogP contribution in [0.1, 0.15) is 54.3 Å². The summed E-state index contributed by atoms with van der Waals surface area (Å²) in [5.41, 5.74) is 1.14. The molecule has 0 radical (unpaired) electrons. The Labute approximate surface area is 173 Å². The summed E-state index contributed by atoms with van der Waals surface area (Å²) in [6.45, 7) is 3.32. The standard InChI is InChI=1S/C22H23F3N4O/c1-14-12-26-19(30-14)10-9-17-20(23)21(28-13-27-17)29-11-3-4-18(29)15-5-7-16(8-6-15)22(2,24)25/h5-8,12-13,18H,3-4,9-11H2,1-2H3. The van der Waals surface area contributed by atoms with Gasteiger partial charge < -0.3 is 9.32 Å². The number of nitrogens with zero attached hydrogens (tertiary/aromatic N) is 4. The van der Waals surface area contributed by atoms with Crippen molar-refractivity contribution in [3.05, 3.63) is 71.1 Å². The quantitative estimate of drug-likeness (QED) is 0.556. The van der Waals surface area contributed by atoms with Crippen molar-refractivity contribution in [1.29, 1.82) is 0 Å². The number of alkyl halides is 2. The summed E-state index contributed by atoms with van der Waals surface area (Å²) in [6, 6.07) is 6.15. The van der Waals surface area contributed by atoms with Crippen molar-refractivity contribution in [3.8, 4) is 0 Å². The second-order valence-electron chi connectivity index (χ2n) is 7.68. The topological polar surface area (TPSA) is 55.1 Å². The first-order valence-electron chi connectivity index (χ1n) is 9.98. The van der Waals surface area contributed by atoms with E-state index in [1.165, 1.54) is 18.5 Å². The van der Waals surface area contributed by atoms with Crippen LogP contribution in [0.4, 0.5) is 19.0 Å². The van der Waals surface area contributed by atoms with Crippen LogP contribution in [0.25, 0.3) is 0 Å². The van der Waals surface area contributed by atoms with Gasteiger partial charge in [0.15, 0.2) is 17.5 Å². The third-order valence-corrected chi connectivity index (χ3v) is 5.42. The lowest BCUT2D eigenvalue weighted by Crippen LogP contribution is -2.25. The zero-order chi connectivity index (χ0) is 21.3. The Balaban J connectivity index is 1.55. The molecule has 1 saturated heterocycles. The maximum absolute atomic E-state index is 15.2. The summed E-state index contributed by atoms with van der Waals surface area (Å²) in [7, 11) is 0. The second kappa shape index (κ2) is 8.08. The van der Waals surface area contributed by atoms with E-state index in [2.05, 4.69) is 15.0 Å². The van der Waals surface area contributed by atoms with Crippen LogP contribution < -0.4 is 4.90 Å². The van der Waals surface area contributed by atoms with Gasteiger partial charge in [-0.1, -0.05) is 24.3 Å². The van der Waals surface area contributed by atoms with Crippen molar-refractivity contribution < 1.29 is 17.6 Å². The van der Waals surface area contributed by atoms with Gasteiger partial charge >= 0.3 is 0 Å². The first-order chi connectivity index (χ1) is 14.3. The first kappa shape index (κ1) is 20.4. The van der Waals surface area contributed by atoms with Crippen molar-refractivity contribution in [3.63, 3.8) is 0 Å². The van der Waals surface area contributed by atoms with E-state index in [-0.39, 0.29) is 17.4 Å². The highest BCUT2D eigenvalue weighted by atomic mass is 19.3. The molecule has 0 aliphatic carbocycles. The summed E-state index contributed by atoms with van der Waals surface area (Å²) in [5, 5.41) is 0. The maximum atomic E-state index is 15.2. The number of aryl methyl sites for hydroxylation is 3. The molecule has 1 fully saturated rings. The van der Waals surface area contributed by atoms with E-state index >= 15 is 4.39 Å². The Morgan fingerprint density at radius 3 is 2.57 bits per heavy atom. The molecule has 1 aliphatic heterocycles. The number of oxazole rings is 1. The van der Waals surface area contributed by atoms with E-state index in [1.54, 1.807) is 18.3 Å². The fourth-order valence-corrected chi connectivity index (χ4v) is 3.88. The molecule has 158 valence electrons.